The van der Waals surface area contributed by atoms with Crippen LogP contribution in [0, 0.1) is 0 Å². The van der Waals surface area contributed by atoms with E-state index in [-0.39, 0.29) is 0 Å². The number of benzene rings is 9. The smallest absolute Gasteiger partial charge is 0.0714 e. The van der Waals surface area contributed by atoms with Crippen molar-refractivity contribution < 1.29 is 0 Å². The lowest BCUT2D eigenvalue weighted by molar-refractivity contribution is 0.768. The minimum atomic E-state index is -0.529. The molecule has 62 heavy (non-hydrogen) atoms. The summed E-state index contributed by atoms with van der Waals surface area (Å²) in [5, 5.41) is 0. The molecule has 0 saturated heterocycles. The van der Waals surface area contributed by atoms with Crippen LogP contribution in [0.5, 0.6) is 0 Å². The maximum absolute atomic E-state index is 2.54. The van der Waals surface area contributed by atoms with Gasteiger partial charge in [-0.3, -0.25) is 0 Å². The molecule has 2 aliphatic rings. The fourth-order valence-electron chi connectivity index (χ4n) is 9.91. The number of hydrogen-bond acceptors (Lipinski definition) is 1. The molecule has 9 aromatic rings. The summed E-state index contributed by atoms with van der Waals surface area (Å²) in [5.74, 6) is 0. The third kappa shape index (κ3) is 6.51. The number of anilines is 2. The van der Waals surface area contributed by atoms with E-state index in [0.29, 0.717) is 0 Å². The van der Waals surface area contributed by atoms with Crippen LogP contribution in [0.3, 0.4) is 0 Å². The topological polar surface area (TPSA) is 3.24 Å². The molecule has 294 valence electrons. The van der Waals surface area contributed by atoms with Crippen LogP contribution < -0.4 is 4.90 Å². The van der Waals surface area contributed by atoms with Crippen LogP contribution in [0.1, 0.15) is 35.1 Å². The van der Waals surface area contributed by atoms with Gasteiger partial charge in [-0.05, 0) is 122 Å². The van der Waals surface area contributed by atoms with Gasteiger partial charge >= 0.3 is 0 Å². The Bertz CT molecular complexity index is 3030. The molecule has 1 heteroatoms. The predicted octanol–water partition coefficient (Wildman–Crippen LogP) is 16.1. The van der Waals surface area contributed by atoms with E-state index in [9.17, 15) is 0 Å². The Morgan fingerprint density at radius 3 is 1.47 bits per heavy atom. The number of rotatable bonds is 9. The Morgan fingerprint density at radius 2 is 0.855 bits per heavy atom. The molecule has 0 atom stereocenters. The zero-order valence-electron chi connectivity index (χ0n) is 34.5. The van der Waals surface area contributed by atoms with Gasteiger partial charge < -0.3 is 4.90 Å². The summed E-state index contributed by atoms with van der Waals surface area (Å²) in [4.78, 5) is 2.54. The van der Waals surface area contributed by atoms with Crippen LogP contribution in [-0.2, 0) is 5.41 Å². The highest BCUT2D eigenvalue weighted by molar-refractivity contribution is 5.96. The predicted molar refractivity (Wildman–Crippen MR) is 261 cm³/mol. The molecule has 0 radical (unpaired) electrons. The first-order chi connectivity index (χ1) is 30.8. The van der Waals surface area contributed by atoms with Gasteiger partial charge in [0.2, 0.25) is 0 Å². The highest BCUT2D eigenvalue weighted by Gasteiger charge is 2.46. The molecule has 2 aliphatic carbocycles. The number of nitrogens with zero attached hydrogens (tertiary/aromatic N) is 1. The molecule has 0 amide bonds. The summed E-state index contributed by atoms with van der Waals surface area (Å²) in [6.45, 7) is 0. The first kappa shape index (κ1) is 37.3. The molecule has 0 heterocycles. The van der Waals surface area contributed by atoms with Crippen molar-refractivity contribution >= 4 is 11.4 Å². The zero-order valence-corrected chi connectivity index (χ0v) is 34.5. The second-order valence-corrected chi connectivity index (χ2v) is 16.3. The van der Waals surface area contributed by atoms with E-state index >= 15 is 0 Å². The van der Waals surface area contributed by atoms with Gasteiger partial charge in [-0.2, -0.15) is 0 Å². The van der Waals surface area contributed by atoms with Crippen molar-refractivity contribution in [2.75, 3.05) is 4.90 Å². The van der Waals surface area contributed by atoms with Gasteiger partial charge in [0.15, 0.2) is 0 Å². The minimum absolute atomic E-state index is 0.529. The molecule has 0 N–H and O–H groups in total. The number of hydrogen-bond donors (Lipinski definition) is 0. The fourth-order valence-corrected chi connectivity index (χ4v) is 9.91. The third-order valence-corrected chi connectivity index (χ3v) is 12.8. The van der Waals surface area contributed by atoms with Gasteiger partial charge in [0.25, 0.3) is 0 Å². The molecular formula is C61H45N. The van der Waals surface area contributed by atoms with Crippen LogP contribution in [0.25, 0.3) is 55.6 Å². The van der Waals surface area contributed by atoms with E-state index in [1.54, 1.807) is 0 Å². The highest BCUT2D eigenvalue weighted by Crippen LogP contribution is 2.58. The summed E-state index contributed by atoms with van der Waals surface area (Å²) in [5.41, 5.74) is 20.4. The van der Waals surface area contributed by atoms with Crippen molar-refractivity contribution in [3.8, 4) is 55.6 Å². The molecule has 11 rings (SSSR count). The Balaban J connectivity index is 1.15. The van der Waals surface area contributed by atoms with Crippen LogP contribution >= 0.6 is 0 Å². The van der Waals surface area contributed by atoms with Crippen molar-refractivity contribution in [3.05, 3.63) is 277 Å². The second-order valence-electron chi connectivity index (χ2n) is 16.3. The molecule has 0 spiro atoms. The SMILES string of the molecule is C1=CCCC(N(c2ccc(-c3cccc(-c4ccccc4)c3)cc2)c2cc3c(cc2-c2ccc(-c4ccccc4)cc2)-c2ccccc2C3(c2ccccc2)c2ccccc2)=C1. The summed E-state index contributed by atoms with van der Waals surface area (Å²) >= 11 is 0. The van der Waals surface area contributed by atoms with Gasteiger partial charge in [0.1, 0.15) is 0 Å². The molecule has 0 aliphatic heterocycles. The zero-order chi connectivity index (χ0) is 41.3. The van der Waals surface area contributed by atoms with Crippen LogP contribution in [0.15, 0.2) is 254 Å². The standard InChI is InChI=1S/C61H45N/c1-6-19-44(20-7-1)46-33-35-48(36-34-46)56-42-57-55-31-16-17-32-58(55)61(51-25-10-3-11-26-51,52-27-12-4-13-28-52)59(57)43-60(56)62(53-29-14-5-15-30-53)54-39-37-47(38-40-54)50-24-18-23-49(41-50)45-21-8-2-9-22-45/h1-14,16-29,31-43H,15,30H2. The first-order valence-electron chi connectivity index (χ1n) is 21.7. The second kappa shape index (κ2) is 16.0. The largest absolute Gasteiger partial charge is 0.314 e. The van der Waals surface area contributed by atoms with E-state index in [0.717, 1.165) is 18.5 Å². The lowest BCUT2D eigenvalue weighted by Crippen LogP contribution is -2.29. The number of allylic oxidation sites excluding steroid dienone is 4. The first-order valence-corrected chi connectivity index (χ1v) is 21.7. The van der Waals surface area contributed by atoms with Crippen molar-refractivity contribution in [2.24, 2.45) is 0 Å². The summed E-state index contributed by atoms with van der Waals surface area (Å²) in [6.07, 6.45) is 8.74. The van der Waals surface area contributed by atoms with E-state index in [1.807, 2.05) is 0 Å². The van der Waals surface area contributed by atoms with Gasteiger partial charge in [-0.15, -0.1) is 0 Å². The Kier molecular flexibility index (Phi) is 9.64. The number of fused-ring (bicyclic) bond motifs is 3. The van der Waals surface area contributed by atoms with Gasteiger partial charge in [-0.1, -0.05) is 212 Å². The third-order valence-electron chi connectivity index (χ3n) is 12.8. The molecule has 0 bridgehead atoms. The highest BCUT2D eigenvalue weighted by atomic mass is 15.2. The van der Waals surface area contributed by atoms with Crippen LogP contribution in [0.2, 0.25) is 0 Å². The van der Waals surface area contributed by atoms with E-state index < -0.39 is 5.41 Å². The molecule has 0 fully saturated rings. The van der Waals surface area contributed by atoms with Gasteiger partial charge in [0, 0.05) is 16.9 Å². The van der Waals surface area contributed by atoms with E-state index in [2.05, 4.69) is 254 Å². The van der Waals surface area contributed by atoms with Crippen LogP contribution in [0.4, 0.5) is 11.4 Å². The maximum atomic E-state index is 2.54. The normalized spacial score (nSPS) is 13.5. The lowest BCUT2D eigenvalue weighted by atomic mass is 9.67. The molecule has 9 aromatic carbocycles. The average Bonchev–Trinajstić information content (AvgIpc) is 3.65. The van der Waals surface area contributed by atoms with Crippen LogP contribution in [-0.4, -0.2) is 0 Å². The average molecular weight is 792 g/mol. The Morgan fingerprint density at radius 1 is 0.355 bits per heavy atom. The summed E-state index contributed by atoms with van der Waals surface area (Å²) in [6, 6.07) is 84.9. The fraction of sp³-hybridized carbons (Fsp3) is 0.0492. The van der Waals surface area contributed by atoms with E-state index in [1.165, 1.54) is 89.3 Å². The Labute approximate surface area is 365 Å². The summed E-state index contributed by atoms with van der Waals surface area (Å²) < 4.78 is 0. The Hall–Kier alpha value is -7.74. The summed E-state index contributed by atoms with van der Waals surface area (Å²) in [7, 11) is 0. The molecule has 0 saturated carbocycles. The van der Waals surface area contributed by atoms with Gasteiger partial charge in [0.05, 0.1) is 11.1 Å². The molecule has 0 aromatic heterocycles. The van der Waals surface area contributed by atoms with Crippen molar-refractivity contribution in [1.29, 1.82) is 0 Å². The minimum Gasteiger partial charge on any atom is -0.314 e. The van der Waals surface area contributed by atoms with Gasteiger partial charge in [-0.25, -0.2) is 0 Å². The molecule has 1 nitrogen and oxygen atoms in total. The quantitative estimate of drug-likeness (QED) is 0.141. The van der Waals surface area contributed by atoms with Crippen molar-refractivity contribution in [2.45, 2.75) is 18.3 Å². The maximum Gasteiger partial charge on any atom is 0.0714 e. The van der Waals surface area contributed by atoms with E-state index in [4.69, 9.17) is 0 Å². The monoisotopic (exact) mass is 791 g/mol. The van der Waals surface area contributed by atoms with Crippen molar-refractivity contribution in [1.82, 2.24) is 0 Å². The lowest BCUT2D eigenvalue weighted by Gasteiger charge is -2.36. The van der Waals surface area contributed by atoms with Crippen molar-refractivity contribution in [3.63, 3.8) is 0 Å². The molecular weight excluding hydrogens is 747 g/mol. The molecule has 0 unspecified atom stereocenters.